The summed E-state index contributed by atoms with van der Waals surface area (Å²) < 4.78 is 16.3. The van der Waals surface area contributed by atoms with Crippen LogP contribution in [0, 0.1) is 12.3 Å². The van der Waals surface area contributed by atoms with Crippen molar-refractivity contribution >= 4 is 45.3 Å². The maximum absolute atomic E-state index is 13.0. The van der Waals surface area contributed by atoms with Crippen molar-refractivity contribution in [3.05, 3.63) is 57.6 Å². The van der Waals surface area contributed by atoms with Crippen LogP contribution in [-0.2, 0) is 9.53 Å². The monoisotopic (exact) mass is 482 g/mol. The second-order valence-electron chi connectivity index (χ2n) is 6.43. The van der Waals surface area contributed by atoms with Gasteiger partial charge < -0.3 is 14.2 Å². The van der Waals surface area contributed by atoms with Crippen molar-refractivity contribution in [2.24, 2.45) is 5.10 Å². The van der Waals surface area contributed by atoms with Crippen LogP contribution in [0.4, 0.5) is 5.69 Å². The SMILES string of the molecule is C#CCOc1c(Br)cc(/C=C2/C(=O)N(c3ccc(C(=O)OC)cc3)N=C2C)cc1OC. The largest absolute Gasteiger partial charge is 0.493 e. The predicted molar refractivity (Wildman–Crippen MR) is 121 cm³/mol. The molecule has 0 aliphatic carbocycles. The van der Waals surface area contributed by atoms with E-state index in [2.05, 4.69) is 27.0 Å². The highest BCUT2D eigenvalue weighted by Gasteiger charge is 2.29. The Hall–Kier alpha value is -3.57. The zero-order chi connectivity index (χ0) is 22.5. The summed E-state index contributed by atoms with van der Waals surface area (Å²) in [5.74, 6) is 2.64. The van der Waals surface area contributed by atoms with Crippen LogP contribution in [0.25, 0.3) is 6.08 Å². The van der Waals surface area contributed by atoms with Gasteiger partial charge in [0.2, 0.25) is 0 Å². The Kier molecular flexibility index (Phi) is 6.78. The zero-order valence-corrected chi connectivity index (χ0v) is 18.7. The van der Waals surface area contributed by atoms with Crippen LogP contribution in [-0.4, -0.2) is 38.4 Å². The van der Waals surface area contributed by atoms with Crippen LogP contribution in [0.1, 0.15) is 22.8 Å². The van der Waals surface area contributed by atoms with E-state index < -0.39 is 5.97 Å². The molecule has 7 nitrogen and oxygen atoms in total. The summed E-state index contributed by atoms with van der Waals surface area (Å²) in [5.41, 5.74) is 2.64. The molecule has 0 N–H and O–H groups in total. The third kappa shape index (κ3) is 4.62. The normalized spacial score (nSPS) is 14.3. The third-order valence-electron chi connectivity index (χ3n) is 4.46. The molecule has 0 aromatic heterocycles. The zero-order valence-electron chi connectivity index (χ0n) is 17.1. The maximum Gasteiger partial charge on any atom is 0.337 e. The molecule has 3 rings (SSSR count). The number of nitrogens with zero attached hydrogens (tertiary/aromatic N) is 2. The van der Waals surface area contributed by atoms with Crippen LogP contribution in [0.2, 0.25) is 0 Å². The predicted octanol–water partition coefficient (Wildman–Crippen LogP) is 4.06. The molecule has 0 atom stereocenters. The molecule has 0 spiro atoms. The quantitative estimate of drug-likeness (QED) is 0.352. The van der Waals surface area contributed by atoms with E-state index in [1.807, 2.05) is 0 Å². The average Bonchev–Trinajstić information content (AvgIpc) is 3.05. The number of anilines is 1. The number of hydrogen-bond acceptors (Lipinski definition) is 6. The molecule has 0 radical (unpaired) electrons. The molecule has 0 bridgehead atoms. The van der Waals surface area contributed by atoms with E-state index in [1.54, 1.807) is 49.4 Å². The van der Waals surface area contributed by atoms with Crippen LogP contribution in [0.15, 0.2) is 51.5 Å². The van der Waals surface area contributed by atoms with Crippen LogP contribution >= 0.6 is 15.9 Å². The number of benzene rings is 2. The van der Waals surface area contributed by atoms with Gasteiger partial charge in [0, 0.05) is 0 Å². The Labute approximate surface area is 188 Å². The minimum absolute atomic E-state index is 0.101. The molecule has 0 saturated heterocycles. The van der Waals surface area contributed by atoms with Gasteiger partial charge in [-0.2, -0.15) is 10.1 Å². The third-order valence-corrected chi connectivity index (χ3v) is 5.05. The van der Waals surface area contributed by atoms with E-state index >= 15 is 0 Å². The minimum Gasteiger partial charge on any atom is -0.493 e. The lowest BCUT2D eigenvalue weighted by molar-refractivity contribution is -0.114. The fourth-order valence-corrected chi connectivity index (χ4v) is 3.53. The van der Waals surface area contributed by atoms with Crippen LogP contribution < -0.4 is 14.5 Å². The van der Waals surface area contributed by atoms with Gasteiger partial charge >= 0.3 is 5.97 Å². The fraction of sp³-hybridized carbons (Fsp3) is 0.174. The number of esters is 1. The van der Waals surface area contributed by atoms with Gasteiger partial charge in [0.15, 0.2) is 11.5 Å². The van der Waals surface area contributed by atoms with Gasteiger partial charge in [0.05, 0.1) is 41.2 Å². The first kappa shape index (κ1) is 22.1. The van der Waals surface area contributed by atoms with E-state index in [0.717, 1.165) is 5.56 Å². The summed E-state index contributed by atoms with van der Waals surface area (Å²) in [6, 6.07) is 9.99. The Morgan fingerprint density at radius 1 is 1.26 bits per heavy atom. The second kappa shape index (κ2) is 9.49. The summed E-state index contributed by atoms with van der Waals surface area (Å²) in [4.78, 5) is 24.6. The Morgan fingerprint density at radius 2 is 1.97 bits per heavy atom. The van der Waals surface area contributed by atoms with Gasteiger partial charge in [-0.15, -0.1) is 6.42 Å². The molecule has 31 heavy (non-hydrogen) atoms. The van der Waals surface area contributed by atoms with Gasteiger partial charge in [-0.1, -0.05) is 5.92 Å². The van der Waals surface area contributed by atoms with Crippen molar-refractivity contribution in [3.8, 4) is 23.8 Å². The molecule has 1 aliphatic heterocycles. The first-order valence-electron chi connectivity index (χ1n) is 9.13. The van der Waals surface area contributed by atoms with E-state index in [0.29, 0.717) is 38.5 Å². The molecule has 1 aliphatic rings. The number of carbonyl (C=O) groups excluding carboxylic acids is 2. The van der Waals surface area contributed by atoms with Crippen LogP contribution in [0.5, 0.6) is 11.5 Å². The number of terminal acetylenes is 1. The number of rotatable bonds is 6. The second-order valence-corrected chi connectivity index (χ2v) is 7.28. The van der Waals surface area contributed by atoms with Gasteiger partial charge in [-0.3, -0.25) is 4.79 Å². The summed E-state index contributed by atoms with van der Waals surface area (Å²) in [5, 5.41) is 5.65. The van der Waals surface area contributed by atoms with Crippen molar-refractivity contribution in [2.45, 2.75) is 6.92 Å². The average molecular weight is 483 g/mol. The number of ether oxygens (including phenoxy) is 3. The first-order valence-corrected chi connectivity index (χ1v) is 9.92. The standard InChI is InChI=1S/C23H19BrN2O5/c1-5-10-31-21-19(24)12-15(13-20(21)29-3)11-18-14(2)25-26(22(18)27)17-8-6-16(7-9-17)23(28)30-4/h1,6-9,11-13H,10H2,2-4H3/b18-11+. The molecule has 8 heteroatoms. The van der Waals surface area contributed by atoms with Crippen molar-refractivity contribution in [1.29, 1.82) is 0 Å². The molecule has 0 fully saturated rings. The number of hydrogen-bond donors (Lipinski definition) is 0. The topological polar surface area (TPSA) is 77.4 Å². The summed E-state index contributed by atoms with van der Waals surface area (Å²) in [6.45, 7) is 1.85. The summed E-state index contributed by atoms with van der Waals surface area (Å²) >= 11 is 3.46. The van der Waals surface area contributed by atoms with Crippen molar-refractivity contribution in [1.82, 2.24) is 0 Å². The molecule has 2 aromatic carbocycles. The fourth-order valence-electron chi connectivity index (χ4n) is 2.96. The highest BCUT2D eigenvalue weighted by Crippen LogP contribution is 2.37. The number of halogens is 1. The highest BCUT2D eigenvalue weighted by molar-refractivity contribution is 9.10. The van der Waals surface area contributed by atoms with Gasteiger partial charge in [-0.05, 0) is 70.9 Å². The molecule has 1 heterocycles. The molecular formula is C23H19BrN2O5. The van der Waals surface area contributed by atoms with Gasteiger partial charge in [0.25, 0.3) is 5.91 Å². The number of methoxy groups -OCH3 is 2. The smallest absolute Gasteiger partial charge is 0.337 e. The Morgan fingerprint density at radius 3 is 2.58 bits per heavy atom. The van der Waals surface area contributed by atoms with E-state index in [9.17, 15) is 9.59 Å². The number of carbonyl (C=O) groups is 2. The molecule has 0 saturated carbocycles. The summed E-state index contributed by atoms with van der Waals surface area (Å²) in [6.07, 6.45) is 6.98. The minimum atomic E-state index is -0.450. The highest BCUT2D eigenvalue weighted by atomic mass is 79.9. The van der Waals surface area contributed by atoms with Crippen molar-refractivity contribution in [2.75, 3.05) is 25.8 Å². The molecule has 158 valence electrons. The van der Waals surface area contributed by atoms with Crippen LogP contribution in [0.3, 0.4) is 0 Å². The number of hydrazone groups is 1. The maximum atomic E-state index is 13.0. The lowest BCUT2D eigenvalue weighted by Crippen LogP contribution is -2.21. The molecule has 2 aromatic rings. The molecule has 0 unspecified atom stereocenters. The lowest BCUT2D eigenvalue weighted by Gasteiger charge is -2.13. The van der Waals surface area contributed by atoms with Gasteiger partial charge in [-0.25, -0.2) is 4.79 Å². The first-order chi connectivity index (χ1) is 14.9. The van der Waals surface area contributed by atoms with E-state index in [1.165, 1.54) is 19.2 Å². The lowest BCUT2D eigenvalue weighted by atomic mass is 10.1. The summed E-state index contributed by atoms with van der Waals surface area (Å²) in [7, 11) is 2.83. The Bertz CT molecular complexity index is 1130. The van der Waals surface area contributed by atoms with Crippen molar-refractivity contribution < 1.29 is 23.8 Å². The van der Waals surface area contributed by atoms with E-state index in [4.69, 9.17) is 20.6 Å². The van der Waals surface area contributed by atoms with Gasteiger partial charge in [0.1, 0.15) is 6.61 Å². The molecular weight excluding hydrogens is 464 g/mol. The van der Waals surface area contributed by atoms with E-state index in [-0.39, 0.29) is 12.5 Å². The van der Waals surface area contributed by atoms with Crippen molar-refractivity contribution in [3.63, 3.8) is 0 Å². The Balaban J connectivity index is 1.90. The molecule has 1 amide bonds. The number of amides is 1.